The zero-order chi connectivity index (χ0) is 15.6. The second-order valence-electron chi connectivity index (χ2n) is 5.30. The van der Waals surface area contributed by atoms with Crippen LogP contribution in [0, 0.1) is 0 Å². The highest BCUT2D eigenvalue weighted by atomic mass is 127. The average Bonchev–Trinajstić information content (AvgIpc) is 3.01. The lowest BCUT2D eigenvalue weighted by atomic mass is 10.1. The van der Waals surface area contributed by atoms with Crippen molar-refractivity contribution in [3.8, 4) is 0 Å². The van der Waals surface area contributed by atoms with Crippen LogP contribution in [0.1, 0.15) is 19.8 Å². The van der Waals surface area contributed by atoms with Crippen LogP contribution in [0.3, 0.4) is 0 Å². The highest BCUT2D eigenvalue weighted by molar-refractivity contribution is 14.1. The molecule has 0 radical (unpaired) electrons. The maximum atomic E-state index is 12.6. The SMILES string of the molecule is CC(=O)NNC(=O)[C@@H]1C[C@@H](I)CN1C(=O)[C@H]1CC(I)CN1. The van der Waals surface area contributed by atoms with Gasteiger partial charge >= 0.3 is 0 Å². The molecule has 1 unspecified atom stereocenters. The van der Waals surface area contributed by atoms with Crippen LogP contribution in [0.2, 0.25) is 0 Å². The number of nitrogens with one attached hydrogen (secondary N) is 3. The van der Waals surface area contributed by atoms with E-state index >= 15 is 0 Å². The fourth-order valence-corrected chi connectivity index (χ4v) is 4.26. The van der Waals surface area contributed by atoms with E-state index in [1.807, 2.05) is 0 Å². The largest absolute Gasteiger partial charge is 0.328 e. The molecule has 2 heterocycles. The van der Waals surface area contributed by atoms with Gasteiger partial charge in [0.2, 0.25) is 11.8 Å². The minimum absolute atomic E-state index is 0.0173. The molecule has 4 atom stereocenters. The van der Waals surface area contributed by atoms with E-state index < -0.39 is 6.04 Å². The van der Waals surface area contributed by atoms with Crippen LogP contribution >= 0.6 is 45.2 Å². The summed E-state index contributed by atoms with van der Waals surface area (Å²) in [4.78, 5) is 37.2. The smallest absolute Gasteiger partial charge is 0.261 e. The molecule has 2 saturated heterocycles. The molecule has 2 rings (SSSR count). The van der Waals surface area contributed by atoms with E-state index in [0.29, 0.717) is 16.9 Å². The van der Waals surface area contributed by atoms with Crippen molar-refractivity contribution in [2.24, 2.45) is 0 Å². The molecule has 118 valence electrons. The summed E-state index contributed by atoms with van der Waals surface area (Å²) in [7, 11) is 0. The van der Waals surface area contributed by atoms with Crippen LogP contribution in [0.15, 0.2) is 0 Å². The van der Waals surface area contributed by atoms with Gasteiger partial charge in [-0.05, 0) is 12.8 Å². The number of carbonyl (C=O) groups is 3. The van der Waals surface area contributed by atoms with Crippen molar-refractivity contribution in [3.05, 3.63) is 0 Å². The monoisotopic (exact) mass is 520 g/mol. The van der Waals surface area contributed by atoms with Gasteiger partial charge in [0.1, 0.15) is 6.04 Å². The van der Waals surface area contributed by atoms with Crippen LogP contribution in [0.4, 0.5) is 0 Å². The Bertz CT molecular complexity index is 448. The Labute approximate surface area is 150 Å². The van der Waals surface area contributed by atoms with Gasteiger partial charge in [-0.15, -0.1) is 0 Å². The summed E-state index contributed by atoms with van der Waals surface area (Å²) in [5, 5.41) is 3.20. The summed E-state index contributed by atoms with van der Waals surface area (Å²) in [5.41, 5.74) is 4.65. The summed E-state index contributed by atoms with van der Waals surface area (Å²) in [5.74, 6) is -0.687. The van der Waals surface area contributed by atoms with Gasteiger partial charge in [-0.1, -0.05) is 45.2 Å². The molecule has 0 aromatic carbocycles. The number of likely N-dealkylation sites (tertiary alicyclic amines) is 1. The Kier molecular flexibility index (Phi) is 6.05. The van der Waals surface area contributed by atoms with E-state index in [4.69, 9.17) is 0 Å². The van der Waals surface area contributed by atoms with Crippen LogP contribution < -0.4 is 16.2 Å². The minimum Gasteiger partial charge on any atom is -0.328 e. The van der Waals surface area contributed by atoms with E-state index in [2.05, 4.69) is 61.4 Å². The van der Waals surface area contributed by atoms with Crippen molar-refractivity contribution < 1.29 is 14.4 Å². The lowest BCUT2D eigenvalue weighted by Gasteiger charge is -2.26. The van der Waals surface area contributed by atoms with Gasteiger partial charge in [0, 0.05) is 27.9 Å². The van der Waals surface area contributed by atoms with E-state index in [1.165, 1.54) is 6.92 Å². The third-order valence-electron chi connectivity index (χ3n) is 3.57. The maximum absolute atomic E-state index is 12.6. The first-order valence-electron chi connectivity index (χ1n) is 6.77. The highest BCUT2D eigenvalue weighted by Crippen LogP contribution is 2.26. The van der Waals surface area contributed by atoms with E-state index in [1.54, 1.807) is 4.90 Å². The first kappa shape index (κ1) is 17.2. The highest BCUT2D eigenvalue weighted by Gasteiger charge is 2.42. The van der Waals surface area contributed by atoms with E-state index in [-0.39, 0.29) is 27.7 Å². The minimum atomic E-state index is -0.513. The number of hydrogen-bond acceptors (Lipinski definition) is 4. The van der Waals surface area contributed by atoms with E-state index in [9.17, 15) is 14.4 Å². The zero-order valence-electron chi connectivity index (χ0n) is 11.6. The van der Waals surface area contributed by atoms with Crippen molar-refractivity contribution in [2.45, 2.75) is 39.7 Å². The molecule has 2 aliphatic heterocycles. The van der Waals surface area contributed by atoms with E-state index in [0.717, 1.165) is 13.0 Å². The molecule has 0 aliphatic carbocycles. The van der Waals surface area contributed by atoms with Gasteiger partial charge in [0.15, 0.2) is 0 Å². The van der Waals surface area contributed by atoms with Crippen molar-refractivity contribution in [1.29, 1.82) is 0 Å². The molecule has 21 heavy (non-hydrogen) atoms. The van der Waals surface area contributed by atoms with Gasteiger partial charge in [-0.25, -0.2) is 0 Å². The number of hydrogen-bond donors (Lipinski definition) is 3. The van der Waals surface area contributed by atoms with Gasteiger partial charge < -0.3 is 10.2 Å². The third kappa shape index (κ3) is 4.41. The summed E-state index contributed by atoms with van der Waals surface area (Å²) < 4.78 is 0.692. The Hall–Kier alpha value is -0.170. The zero-order valence-corrected chi connectivity index (χ0v) is 15.9. The Morgan fingerprint density at radius 1 is 1.14 bits per heavy atom. The molecule has 0 bridgehead atoms. The van der Waals surface area contributed by atoms with Crippen molar-refractivity contribution in [3.63, 3.8) is 0 Å². The van der Waals surface area contributed by atoms with Crippen molar-refractivity contribution >= 4 is 62.9 Å². The molecule has 0 saturated carbocycles. The predicted octanol–water partition coefficient (Wildman–Crippen LogP) is -0.276. The molecule has 0 spiro atoms. The van der Waals surface area contributed by atoms with Gasteiger partial charge in [0.25, 0.3) is 5.91 Å². The summed E-state index contributed by atoms with van der Waals surface area (Å²) in [6.45, 7) is 2.71. The number of rotatable bonds is 2. The number of carbonyl (C=O) groups excluding carboxylic acids is 3. The van der Waals surface area contributed by atoms with Crippen molar-refractivity contribution in [2.75, 3.05) is 13.1 Å². The molecule has 7 nitrogen and oxygen atoms in total. The van der Waals surface area contributed by atoms with Crippen LogP contribution in [0.25, 0.3) is 0 Å². The summed E-state index contributed by atoms with van der Waals surface area (Å²) in [6.07, 6.45) is 1.40. The van der Waals surface area contributed by atoms with Crippen LogP contribution in [0.5, 0.6) is 0 Å². The number of halogens is 2. The normalized spacial score (nSPS) is 32.0. The van der Waals surface area contributed by atoms with Crippen molar-refractivity contribution in [1.82, 2.24) is 21.1 Å². The topological polar surface area (TPSA) is 90.5 Å². The van der Waals surface area contributed by atoms with Crippen LogP contribution in [-0.4, -0.2) is 55.6 Å². The molecular weight excluding hydrogens is 502 g/mol. The molecule has 0 aromatic rings. The predicted molar refractivity (Wildman–Crippen MR) is 94.1 cm³/mol. The fraction of sp³-hybridized carbons (Fsp3) is 0.750. The van der Waals surface area contributed by atoms with Crippen LogP contribution in [-0.2, 0) is 14.4 Å². The first-order chi connectivity index (χ1) is 9.88. The molecule has 3 amide bonds. The van der Waals surface area contributed by atoms with Gasteiger partial charge in [-0.3, -0.25) is 25.2 Å². The first-order valence-corrected chi connectivity index (χ1v) is 9.26. The fourth-order valence-electron chi connectivity index (χ4n) is 2.59. The quantitative estimate of drug-likeness (QED) is 0.266. The number of amides is 3. The average molecular weight is 520 g/mol. The lowest BCUT2D eigenvalue weighted by molar-refractivity contribution is -0.140. The number of hydrazine groups is 1. The van der Waals surface area contributed by atoms with Gasteiger partial charge in [0.05, 0.1) is 6.04 Å². The Morgan fingerprint density at radius 2 is 1.86 bits per heavy atom. The van der Waals surface area contributed by atoms with Gasteiger partial charge in [-0.2, -0.15) is 0 Å². The summed E-state index contributed by atoms with van der Waals surface area (Å²) >= 11 is 4.58. The number of alkyl halides is 2. The Morgan fingerprint density at radius 3 is 2.43 bits per heavy atom. The molecular formula is C12H18I2N4O3. The molecule has 0 aromatic heterocycles. The lowest BCUT2D eigenvalue weighted by Crippen LogP contribution is -2.54. The molecule has 3 N–H and O–H groups in total. The molecule has 2 aliphatic rings. The summed E-state index contributed by atoms with van der Waals surface area (Å²) in [6, 6.07) is -0.717. The third-order valence-corrected chi connectivity index (χ3v) is 5.42. The Balaban J connectivity index is 2.00. The standard InChI is InChI=1S/C12H18I2N4O3/c1-6(19)16-17-11(20)10-3-8(14)5-18(10)12(21)9-2-7(13)4-15-9/h7-10,15H,2-5H2,1H3,(H,16,19)(H,17,20)/t7?,8-,9-,10+/m1/s1. The maximum Gasteiger partial charge on any atom is 0.261 e. The molecule has 2 fully saturated rings. The number of nitrogens with zero attached hydrogens (tertiary/aromatic N) is 1. The second-order valence-corrected chi connectivity index (χ2v) is 8.83. The molecule has 9 heteroatoms. The second kappa shape index (κ2) is 7.40.